The van der Waals surface area contributed by atoms with Gasteiger partial charge in [0.15, 0.2) is 0 Å². The Morgan fingerprint density at radius 3 is 2.33 bits per heavy atom. The van der Waals surface area contributed by atoms with Crippen molar-refractivity contribution in [3.05, 3.63) is 58.1 Å². The first-order valence-corrected chi connectivity index (χ1v) is 9.21. The van der Waals surface area contributed by atoms with Crippen LogP contribution in [0, 0.1) is 20.8 Å². The number of fused-ring (bicyclic) bond motifs is 1. The molecule has 2 heteroatoms. The van der Waals surface area contributed by atoms with E-state index in [0.29, 0.717) is 20.7 Å². The van der Waals surface area contributed by atoms with E-state index in [4.69, 9.17) is 0 Å². The van der Waals surface area contributed by atoms with Gasteiger partial charge in [-0.2, -0.15) is 0 Å². The van der Waals surface area contributed by atoms with Crippen LogP contribution in [0.5, 0.6) is 5.75 Å². The van der Waals surface area contributed by atoms with Crippen LogP contribution in [0.2, 0.25) is 0 Å². The average Bonchev–Trinajstić information content (AvgIpc) is 2.51. The minimum atomic E-state index is 0.266. The predicted octanol–water partition coefficient (Wildman–Crippen LogP) is 3.51. The second-order valence-corrected chi connectivity index (χ2v) is 9.41. The Kier molecular flexibility index (Phi) is 3.63. The van der Waals surface area contributed by atoms with E-state index in [1.165, 1.54) is 27.6 Å². The molecular weight excluding hydrogens is 323 g/mol. The van der Waals surface area contributed by atoms with Crippen LogP contribution in [0.25, 0.3) is 0 Å². The van der Waals surface area contributed by atoms with Crippen molar-refractivity contribution < 1.29 is 5.11 Å². The van der Waals surface area contributed by atoms with Crippen molar-refractivity contribution in [2.75, 3.05) is 0 Å². The molecule has 1 nitrogen and oxygen atoms in total. The van der Waals surface area contributed by atoms with Crippen LogP contribution >= 0.6 is 0 Å². The van der Waals surface area contributed by atoms with Gasteiger partial charge in [-0.05, 0) is 0 Å². The molecule has 110 valence electrons. The Hall–Kier alpha value is -1.24. The van der Waals surface area contributed by atoms with Crippen LogP contribution < -0.4 is 4.46 Å². The molecule has 2 aromatic rings. The van der Waals surface area contributed by atoms with Gasteiger partial charge in [-0.15, -0.1) is 0 Å². The summed E-state index contributed by atoms with van der Waals surface area (Å²) < 4.78 is 1.79. The molecule has 1 atom stereocenters. The molecule has 3 rings (SSSR count). The Balaban J connectivity index is 2.11. The molecule has 0 aromatic heterocycles. The quantitative estimate of drug-likeness (QED) is 0.785. The summed E-state index contributed by atoms with van der Waals surface area (Å²) >= 11 is 0.398. The van der Waals surface area contributed by atoms with Gasteiger partial charge in [0.2, 0.25) is 0 Å². The summed E-state index contributed by atoms with van der Waals surface area (Å²) in [6.07, 6.45) is 2.25. The summed E-state index contributed by atoms with van der Waals surface area (Å²) in [4.78, 5) is 0. The monoisotopic (exact) mass is 346 g/mol. The van der Waals surface area contributed by atoms with Crippen molar-refractivity contribution in [3.63, 3.8) is 0 Å². The Labute approximate surface area is 133 Å². The van der Waals surface area contributed by atoms with Gasteiger partial charge in [-0.25, -0.2) is 0 Å². The molecule has 1 aliphatic heterocycles. The van der Waals surface area contributed by atoms with Crippen LogP contribution in [0.4, 0.5) is 0 Å². The third kappa shape index (κ3) is 2.31. The zero-order chi connectivity index (χ0) is 15.2. The fraction of sp³-hybridized carbons (Fsp3) is 0.368. The Bertz CT molecular complexity index is 691. The molecule has 2 aromatic carbocycles. The van der Waals surface area contributed by atoms with E-state index in [2.05, 4.69) is 51.1 Å². The molecule has 1 N–H and O–H groups in total. The third-order valence-corrected chi connectivity index (χ3v) is 8.36. The fourth-order valence-corrected chi connectivity index (χ4v) is 6.58. The number of phenols is 1. The van der Waals surface area contributed by atoms with Gasteiger partial charge >= 0.3 is 133 Å². The molecule has 1 aliphatic rings. The van der Waals surface area contributed by atoms with Gasteiger partial charge in [0, 0.05) is 0 Å². The first-order chi connectivity index (χ1) is 9.94. The molecule has 0 aliphatic carbocycles. The fourth-order valence-electron chi connectivity index (χ4n) is 3.24. The summed E-state index contributed by atoms with van der Waals surface area (Å²) in [7, 11) is 0. The SMILES string of the molecule is Cc1c(C)c2c(c(C)c1O)CCC(C)(c1ccccc1)[Se]2. The van der Waals surface area contributed by atoms with Gasteiger partial charge in [-0.3, -0.25) is 0 Å². The number of rotatable bonds is 1. The molecule has 1 unspecified atom stereocenters. The molecule has 1 heterocycles. The van der Waals surface area contributed by atoms with Crippen LogP contribution in [0.15, 0.2) is 30.3 Å². The molecule has 21 heavy (non-hydrogen) atoms. The zero-order valence-electron chi connectivity index (χ0n) is 13.2. The van der Waals surface area contributed by atoms with E-state index >= 15 is 0 Å². The van der Waals surface area contributed by atoms with E-state index in [-0.39, 0.29) is 4.31 Å². The van der Waals surface area contributed by atoms with Gasteiger partial charge in [0.1, 0.15) is 0 Å². The zero-order valence-corrected chi connectivity index (χ0v) is 14.9. The maximum absolute atomic E-state index is 10.3. The molecule has 0 saturated heterocycles. The molecule has 0 amide bonds. The van der Waals surface area contributed by atoms with Gasteiger partial charge in [0.05, 0.1) is 0 Å². The number of phenolic OH excluding ortho intramolecular Hbond substituents is 1. The second-order valence-electron chi connectivity index (χ2n) is 6.23. The number of aromatic hydroxyl groups is 1. The first-order valence-electron chi connectivity index (χ1n) is 7.50. The van der Waals surface area contributed by atoms with E-state index in [1.54, 1.807) is 0 Å². The Morgan fingerprint density at radius 2 is 1.67 bits per heavy atom. The molecule has 0 fully saturated rings. The van der Waals surface area contributed by atoms with Crippen molar-refractivity contribution in [1.29, 1.82) is 0 Å². The van der Waals surface area contributed by atoms with E-state index < -0.39 is 0 Å². The van der Waals surface area contributed by atoms with Crippen molar-refractivity contribution >= 4 is 19.4 Å². The number of benzene rings is 2. The summed E-state index contributed by atoms with van der Waals surface area (Å²) in [6, 6.07) is 10.9. The predicted molar refractivity (Wildman–Crippen MR) is 89.8 cm³/mol. The summed E-state index contributed by atoms with van der Waals surface area (Å²) in [5.74, 6) is 0.505. The molecule has 0 spiro atoms. The van der Waals surface area contributed by atoms with Crippen LogP contribution in [0.1, 0.15) is 41.2 Å². The van der Waals surface area contributed by atoms with Gasteiger partial charge in [0.25, 0.3) is 0 Å². The van der Waals surface area contributed by atoms with Crippen LogP contribution in [-0.2, 0) is 10.7 Å². The van der Waals surface area contributed by atoms with Crippen LogP contribution in [0.3, 0.4) is 0 Å². The number of hydrogen-bond acceptors (Lipinski definition) is 1. The molecule has 0 saturated carbocycles. The van der Waals surface area contributed by atoms with Crippen molar-refractivity contribution in [2.24, 2.45) is 0 Å². The first kappa shape index (κ1) is 14.7. The summed E-state index contributed by atoms with van der Waals surface area (Å²) in [5, 5.41) is 10.3. The third-order valence-electron chi connectivity index (χ3n) is 4.90. The maximum atomic E-state index is 10.3. The standard InChI is InChI=1S/C19H22OSe/c1-12-13(2)18-16(14(3)17(12)20)10-11-19(4,21-18)15-8-6-5-7-9-15/h5-9,20H,10-11H2,1-4H3. The molecular formula is C19H22OSe. The topological polar surface area (TPSA) is 20.2 Å². The van der Waals surface area contributed by atoms with Crippen molar-refractivity contribution in [2.45, 2.75) is 44.9 Å². The molecule has 0 radical (unpaired) electrons. The van der Waals surface area contributed by atoms with Crippen LogP contribution in [-0.4, -0.2) is 20.1 Å². The van der Waals surface area contributed by atoms with Crippen molar-refractivity contribution in [1.82, 2.24) is 0 Å². The van der Waals surface area contributed by atoms with Crippen molar-refractivity contribution in [3.8, 4) is 5.75 Å². The summed E-state index contributed by atoms with van der Waals surface area (Å²) in [6.45, 7) is 8.69. The van der Waals surface area contributed by atoms with E-state index in [1.807, 2.05) is 6.92 Å². The van der Waals surface area contributed by atoms with E-state index in [9.17, 15) is 5.11 Å². The Morgan fingerprint density at radius 1 is 1.00 bits per heavy atom. The second kappa shape index (κ2) is 5.19. The molecule has 0 bridgehead atoms. The summed E-state index contributed by atoms with van der Waals surface area (Å²) in [5.41, 5.74) is 6.33. The van der Waals surface area contributed by atoms with E-state index in [0.717, 1.165) is 17.5 Å². The van der Waals surface area contributed by atoms with Gasteiger partial charge < -0.3 is 0 Å². The van der Waals surface area contributed by atoms with Gasteiger partial charge in [-0.1, -0.05) is 0 Å². The minimum absolute atomic E-state index is 0.266. The average molecular weight is 345 g/mol. The number of hydrogen-bond donors (Lipinski definition) is 1. The normalized spacial score (nSPS) is 21.1.